The van der Waals surface area contributed by atoms with Crippen LogP contribution >= 0.6 is 0 Å². The SMILES string of the molecule is CCC(CCc1cc(OC(F)(F)F)ccc1OC(F)(F)F)CC(CN)C(=O)O. The van der Waals surface area contributed by atoms with Crippen molar-refractivity contribution in [3.8, 4) is 11.5 Å². The molecule has 0 heterocycles. The predicted octanol–water partition coefficient (Wildman–Crippen LogP) is 4.49. The maximum Gasteiger partial charge on any atom is 0.573 e. The van der Waals surface area contributed by atoms with Gasteiger partial charge in [-0.1, -0.05) is 13.3 Å². The molecule has 160 valence electrons. The Kier molecular flexibility index (Phi) is 8.40. The van der Waals surface area contributed by atoms with Crippen molar-refractivity contribution in [3.63, 3.8) is 0 Å². The molecule has 0 aliphatic carbocycles. The monoisotopic (exact) mass is 417 g/mol. The van der Waals surface area contributed by atoms with Crippen molar-refractivity contribution in [2.45, 2.75) is 45.3 Å². The third kappa shape index (κ3) is 8.68. The van der Waals surface area contributed by atoms with E-state index < -0.39 is 36.1 Å². The molecule has 0 aromatic heterocycles. The number of ether oxygens (including phenoxy) is 2. The van der Waals surface area contributed by atoms with Crippen LogP contribution in [0.1, 0.15) is 31.7 Å². The van der Waals surface area contributed by atoms with Crippen molar-refractivity contribution in [1.82, 2.24) is 0 Å². The van der Waals surface area contributed by atoms with Gasteiger partial charge in [-0.3, -0.25) is 4.79 Å². The first-order valence-corrected chi connectivity index (χ1v) is 8.41. The van der Waals surface area contributed by atoms with Crippen molar-refractivity contribution < 1.29 is 45.7 Å². The number of rotatable bonds is 10. The number of benzene rings is 1. The van der Waals surface area contributed by atoms with Gasteiger partial charge in [0.05, 0.1) is 5.92 Å². The Bertz CT molecular complexity index is 648. The van der Waals surface area contributed by atoms with Crippen molar-refractivity contribution in [2.75, 3.05) is 6.54 Å². The van der Waals surface area contributed by atoms with Crippen molar-refractivity contribution in [2.24, 2.45) is 17.6 Å². The molecule has 0 fully saturated rings. The lowest BCUT2D eigenvalue weighted by molar-refractivity contribution is -0.277. The summed E-state index contributed by atoms with van der Waals surface area (Å²) in [6.07, 6.45) is -9.10. The fourth-order valence-corrected chi connectivity index (χ4v) is 2.72. The average Bonchev–Trinajstić information content (AvgIpc) is 2.54. The second-order valence-electron chi connectivity index (χ2n) is 6.18. The number of halogens is 6. The Morgan fingerprint density at radius 3 is 2.21 bits per heavy atom. The van der Waals surface area contributed by atoms with Crippen LogP contribution in [0.2, 0.25) is 0 Å². The molecule has 0 radical (unpaired) electrons. The minimum atomic E-state index is -5.01. The summed E-state index contributed by atoms with van der Waals surface area (Å²) < 4.78 is 82.4. The van der Waals surface area contributed by atoms with Crippen LogP contribution in [-0.4, -0.2) is 30.3 Å². The highest BCUT2D eigenvalue weighted by Crippen LogP contribution is 2.33. The summed E-state index contributed by atoms with van der Waals surface area (Å²) in [5, 5.41) is 9.07. The molecule has 2 atom stereocenters. The van der Waals surface area contributed by atoms with Crippen LogP contribution in [-0.2, 0) is 11.2 Å². The summed E-state index contributed by atoms with van der Waals surface area (Å²) in [5.74, 6) is -3.39. The summed E-state index contributed by atoms with van der Waals surface area (Å²) in [4.78, 5) is 11.1. The lowest BCUT2D eigenvalue weighted by Crippen LogP contribution is -2.26. The summed E-state index contributed by atoms with van der Waals surface area (Å²) in [6, 6.07) is 2.31. The van der Waals surface area contributed by atoms with Crippen molar-refractivity contribution in [1.29, 1.82) is 0 Å². The normalized spacial score (nSPS) is 14.4. The highest BCUT2D eigenvalue weighted by atomic mass is 19.4. The van der Waals surface area contributed by atoms with E-state index in [1.54, 1.807) is 6.92 Å². The molecule has 3 N–H and O–H groups in total. The largest absolute Gasteiger partial charge is 0.573 e. The zero-order chi connectivity index (χ0) is 21.5. The van der Waals surface area contributed by atoms with E-state index >= 15 is 0 Å². The fraction of sp³-hybridized carbons (Fsp3) is 0.588. The Morgan fingerprint density at radius 2 is 1.75 bits per heavy atom. The van der Waals surface area contributed by atoms with Crippen LogP contribution in [0.15, 0.2) is 18.2 Å². The molecule has 0 amide bonds. The summed E-state index contributed by atoms with van der Waals surface area (Å²) >= 11 is 0. The van der Waals surface area contributed by atoms with E-state index in [-0.39, 0.29) is 37.3 Å². The molecule has 0 aliphatic rings. The van der Waals surface area contributed by atoms with Gasteiger partial charge in [0.15, 0.2) is 0 Å². The van der Waals surface area contributed by atoms with Gasteiger partial charge in [-0.05, 0) is 48.9 Å². The van der Waals surface area contributed by atoms with E-state index in [4.69, 9.17) is 10.8 Å². The second kappa shape index (κ2) is 9.85. The van der Waals surface area contributed by atoms with Gasteiger partial charge in [0.1, 0.15) is 11.5 Å². The predicted molar refractivity (Wildman–Crippen MR) is 86.7 cm³/mol. The Balaban J connectivity index is 2.99. The molecule has 0 bridgehead atoms. The number of carbonyl (C=O) groups is 1. The Morgan fingerprint density at radius 1 is 1.14 bits per heavy atom. The van der Waals surface area contributed by atoms with Crippen molar-refractivity contribution >= 4 is 5.97 Å². The smallest absolute Gasteiger partial charge is 0.481 e. The fourth-order valence-electron chi connectivity index (χ4n) is 2.72. The topological polar surface area (TPSA) is 81.8 Å². The van der Waals surface area contributed by atoms with E-state index in [1.807, 2.05) is 0 Å². The van der Waals surface area contributed by atoms with Gasteiger partial charge < -0.3 is 20.3 Å². The molecular weight excluding hydrogens is 396 g/mol. The van der Waals surface area contributed by atoms with E-state index in [0.717, 1.165) is 18.2 Å². The third-order valence-electron chi connectivity index (χ3n) is 4.14. The van der Waals surface area contributed by atoms with Crippen LogP contribution < -0.4 is 15.2 Å². The van der Waals surface area contributed by atoms with Gasteiger partial charge in [-0.2, -0.15) is 0 Å². The minimum absolute atomic E-state index is 0.0596. The molecular formula is C17H21F6NO4. The Labute approximate surface area is 157 Å². The maximum absolute atomic E-state index is 12.6. The van der Waals surface area contributed by atoms with Gasteiger partial charge in [0.2, 0.25) is 0 Å². The molecule has 0 spiro atoms. The molecule has 1 rings (SSSR count). The van der Waals surface area contributed by atoms with Gasteiger partial charge in [0.25, 0.3) is 0 Å². The number of aryl methyl sites for hydroxylation is 1. The van der Waals surface area contributed by atoms with Crippen LogP contribution in [0.3, 0.4) is 0 Å². The van der Waals surface area contributed by atoms with Crippen LogP contribution in [0.25, 0.3) is 0 Å². The number of aliphatic carboxylic acids is 1. The zero-order valence-corrected chi connectivity index (χ0v) is 14.9. The van der Waals surface area contributed by atoms with E-state index in [2.05, 4.69) is 9.47 Å². The number of nitrogens with two attached hydrogens (primary N) is 1. The maximum atomic E-state index is 12.6. The number of carboxylic acids is 1. The van der Waals surface area contributed by atoms with Crippen molar-refractivity contribution in [3.05, 3.63) is 23.8 Å². The number of carboxylic acid groups (broad SMARTS) is 1. The van der Waals surface area contributed by atoms with Gasteiger partial charge in [0, 0.05) is 6.54 Å². The number of alkyl halides is 6. The van der Waals surface area contributed by atoms with Gasteiger partial charge in [-0.15, -0.1) is 26.3 Å². The first-order valence-electron chi connectivity index (χ1n) is 8.41. The average molecular weight is 417 g/mol. The Hall–Kier alpha value is -2.17. The number of hydrogen-bond donors (Lipinski definition) is 2. The van der Waals surface area contributed by atoms with E-state index in [9.17, 15) is 31.1 Å². The van der Waals surface area contributed by atoms with Gasteiger partial charge >= 0.3 is 18.7 Å². The standard InChI is InChI=1S/C17H21F6NO4/c1-2-10(7-12(9-24)15(25)26)3-4-11-8-13(27-16(18,19)20)5-6-14(11)28-17(21,22)23/h5-6,8,10,12H,2-4,7,9,24H2,1H3,(H,25,26). The summed E-state index contributed by atoms with van der Waals surface area (Å²) in [7, 11) is 0. The van der Waals surface area contributed by atoms with Crippen LogP contribution in [0.5, 0.6) is 11.5 Å². The lowest BCUT2D eigenvalue weighted by atomic mass is 9.88. The molecule has 28 heavy (non-hydrogen) atoms. The molecule has 1 aromatic carbocycles. The molecule has 0 saturated heterocycles. The molecule has 0 aliphatic heterocycles. The first kappa shape index (κ1) is 23.9. The quantitative estimate of drug-likeness (QED) is 0.548. The zero-order valence-electron chi connectivity index (χ0n) is 14.9. The molecule has 2 unspecified atom stereocenters. The van der Waals surface area contributed by atoms with Crippen LogP contribution in [0, 0.1) is 11.8 Å². The molecule has 1 aromatic rings. The van der Waals surface area contributed by atoms with E-state index in [1.165, 1.54) is 0 Å². The highest BCUT2D eigenvalue weighted by Gasteiger charge is 2.34. The first-order chi connectivity index (χ1) is 12.8. The van der Waals surface area contributed by atoms with E-state index in [0.29, 0.717) is 6.42 Å². The van der Waals surface area contributed by atoms with Gasteiger partial charge in [-0.25, -0.2) is 0 Å². The lowest BCUT2D eigenvalue weighted by Gasteiger charge is -2.20. The molecule has 5 nitrogen and oxygen atoms in total. The highest BCUT2D eigenvalue weighted by molar-refractivity contribution is 5.70. The van der Waals surface area contributed by atoms with Crippen LogP contribution in [0.4, 0.5) is 26.3 Å². The molecule has 0 saturated carbocycles. The third-order valence-corrected chi connectivity index (χ3v) is 4.14. The molecule has 11 heteroatoms. The summed E-state index contributed by atoms with van der Waals surface area (Å²) in [5.41, 5.74) is 5.28. The minimum Gasteiger partial charge on any atom is -0.481 e. The summed E-state index contributed by atoms with van der Waals surface area (Å²) in [6.45, 7) is 1.68. The second-order valence-corrected chi connectivity index (χ2v) is 6.18. The number of hydrogen-bond acceptors (Lipinski definition) is 4.